The van der Waals surface area contributed by atoms with Gasteiger partial charge in [0, 0.05) is 10.9 Å². The summed E-state index contributed by atoms with van der Waals surface area (Å²) in [5.41, 5.74) is 4.27. The highest BCUT2D eigenvalue weighted by atomic mass is 32.1. The second kappa shape index (κ2) is 6.68. The lowest BCUT2D eigenvalue weighted by Gasteiger charge is -2.14. The Labute approximate surface area is 118 Å². The van der Waals surface area contributed by atoms with Crippen LogP contribution in [0.15, 0.2) is 29.8 Å². The molecule has 2 aromatic rings. The van der Waals surface area contributed by atoms with Gasteiger partial charge in [0.05, 0.1) is 18.3 Å². The number of nitrogens with one attached hydrogen (secondary N) is 1. The molecule has 19 heavy (non-hydrogen) atoms. The zero-order chi connectivity index (χ0) is 13.7. The first kappa shape index (κ1) is 14.0. The number of aromatic nitrogens is 1. The molecule has 0 aliphatic carbocycles. The lowest BCUT2D eigenvalue weighted by molar-refractivity contribution is 0.408. The van der Waals surface area contributed by atoms with E-state index in [2.05, 4.69) is 36.3 Å². The van der Waals surface area contributed by atoms with Crippen molar-refractivity contribution in [3.05, 3.63) is 45.9 Å². The second-order valence-electron chi connectivity index (χ2n) is 4.54. The standard InChI is InChI=1S/C15H20N2OS/c1-11(15-12(2)17-10-19-15)16-9-8-13-6-4-5-7-14(13)18-3/h4-7,10-11,16H,8-9H2,1-3H3. The van der Waals surface area contributed by atoms with Gasteiger partial charge >= 0.3 is 0 Å². The lowest BCUT2D eigenvalue weighted by atomic mass is 10.1. The molecular weight excluding hydrogens is 256 g/mol. The molecule has 1 heterocycles. The molecule has 1 atom stereocenters. The number of benzene rings is 1. The molecule has 1 N–H and O–H groups in total. The van der Waals surface area contributed by atoms with E-state index in [4.69, 9.17) is 4.74 Å². The predicted molar refractivity (Wildman–Crippen MR) is 80.0 cm³/mol. The molecule has 0 spiro atoms. The Morgan fingerprint density at radius 2 is 2.16 bits per heavy atom. The Morgan fingerprint density at radius 3 is 2.84 bits per heavy atom. The largest absolute Gasteiger partial charge is 0.496 e. The van der Waals surface area contributed by atoms with Crippen LogP contribution in [0.3, 0.4) is 0 Å². The van der Waals surface area contributed by atoms with Crippen molar-refractivity contribution in [1.82, 2.24) is 10.3 Å². The summed E-state index contributed by atoms with van der Waals surface area (Å²) in [4.78, 5) is 5.61. The Balaban J connectivity index is 1.88. The van der Waals surface area contributed by atoms with Gasteiger partial charge in [-0.2, -0.15) is 0 Å². The number of hydrogen-bond donors (Lipinski definition) is 1. The summed E-state index contributed by atoms with van der Waals surface area (Å²) in [7, 11) is 1.72. The molecule has 0 radical (unpaired) electrons. The summed E-state index contributed by atoms with van der Waals surface area (Å²) in [5, 5.41) is 3.54. The van der Waals surface area contributed by atoms with Crippen LogP contribution in [0, 0.1) is 6.92 Å². The molecule has 0 aliphatic rings. The maximum atomic E-state index is 5.36. The van der Waals surface area contributed by atoms with Gasteiger partial charge in [0.25, 0.3) is 0 Å². The normalized spacial score (nSPS) is 12.4. The Kier molecular flexibility index (Phi) is 4.93. The topological polar surface area (TPSA) is 34.1 Å². The van der Waals surface area contributed by atoms with Crippen molar-refractivity contribution in [2.45, 2.75) is 26.3 Å². The molecule has 0 saturated heterocycles. The van der Waals surface area contributed by atoms with Gasteiger partial charge in [0.2, 0.25) is 0 Å². The van der Waals surface area contributed by atoms with Gasteiger partial charge in [-0.05, 0) is 38.4 Å². The highest BCUT2D eigenvalue weighted by molar-refractivity contribution is 7.09. The van der Waals surface area contributed by atoms with E-state index < -0.39 is 0 Å². The highest BCUT2D eigenvalue weighted by Crippen LogP contribution is 2.21. The van der Waals surface area contributed by atoms with E-state index in [1.807, 2.05) is 17.6 Å². The van der Waals surface area contributed by atoms with E-state index in [-0.39, 0.29) is 0 Å². The van der Waals surface area contributed by atoms with Crippen LogP contribution in [-0.2, 0) is 6.42 Å². The molecule has 0 saturated carbocycles. The Bertz CT molecular complexity index is 524. The minimum Gasteiger partial charge on any atom is -0.496 e. The van der Waals surface area contributed by atoms with Crippen LogP contribution < -0.4 is 10.1 Å². The number of aryl methyl sites for hydroxylation is 1. The fourth-order valence-electron chi connectivity index (χ4n) is 2.15. The molecule has 0 amide bonds. The van der Waals surface area contributed by atoms with Gasteiger partial charge < -0.3 is 10.1 Å². The number of methoxy groups -OCH3 is 1. The number of ether oxygens (including phenoxy) is 1. The van der Waals surface area contributed by atoms with Crippen molar-refractivity contribution in [3.8, 4) is 5.75 Å². The van der Waals surface area contributed by atoms with Gasteiger partial charge in [-0.3, -0.25) is 0 Å². The monoisotopic (exact) mass is 276 g/mol. The van der Waals surface area contributed by atoms with E-state index >= 15 is 0 Å². The van der Waals surface area contributed by atoms with Gasteiger partial charge in [-0.1, -0.05) is 18.2 Å². The molecule has 0 fully saturated rings. The fraction of sp³-hybridized carbons (Fsp3) is 0.400. The average molecular weight is 276 g/mol. The van der Waals surface area contributed by atoms with Crippen molar-refractivity contribution < 1.29 is 4.74 Å². The van der Waals surface area contributed by atoms with E-state index in [0.717, 1.165) is 24.4 Å². The summed E-state index contributed by atoms with van der Waals surface area (Å²) in [6.07, 6.45) is 0.964. The summed E-state index contributed by atoms with van der Waals surface area (Å²) in [5.74, 6) is 0.964. The zero-order valence-corrected chi connectivity index (χ0v) is 12.5. The summed E-state index contributed by atoms with van der Waals surface area (Å²) >= 11 is 1.71. The van der Waals surface area contributed by atoms with E-state index in [1.165, 1.54) is 10.4 Å². The maximum absolute atomic E-state index is 5.36. The predicted octanol–water partition coefficient (Wildman–Crippen LogP) is 3.35. The van der Waals surface area contributed by atoms with Crippen LogP contribution in [0.4, 0.5) is 0 Å². The summed E-state index contributed by atoms with van der Waals surface area (Å²) in [6, 6.07) is 8.52. The second-order valence-corrected chi connectivity index (χ2v) is 5.43. The average Bonchev–Trinajstić information content (AvgIpc) is 2.85. The molecule has 2 rings (SSSR count). The third-order valence-corrected chi connectivity index (χ3v) is 4.33. The SMILES string of the molecule is COc1ccccc1CCNC(C)c1scnc1C. The number of rotatable bonds is 6. The van der Waals surface area contributed by atoms with E-state index in [0.29, 0.717) is 6.04 Å². The quantitative estimate of drug-likeness (QED) is 0.878. The van der Waals surface area contributed by atoms with Crippen LogP contribution in [0.2, 0.25) is 0 Å². The van der Waals surface area contributed by atoms with Crippen molar-refractivity contribution in [1.29, 1.82) is 0 Å². The first-order valence-electron chi connectivity index (χ1n) is 6.47. The third kappa shape index (κ3) is 3.55. The summed E-state index contributed by atoms with van der Waals surface area (Å²) in [6.45, 7) is 5.17. The molecule has 1 unspecified atom stereocenters. The minimum absolute atomic E-state index is 0.349. The van der Waals surface area contributed by atoms with Crippen LogP contribution in [0.1, 0.15) is 29.1 Å². The van der Waals surface area contributed by atoms with Crippen LogP contribution >= 0.6 is 11.3 Å². The molecule has 0 bridgehead atoms. The lowest BCUT2D eigenvalue weighted by Crippen LogP contribution is -2.21. The summed E-state index contributed by atoms with van der Waals surface area (Å²) < 4.78 is 5.36. The number of nitrogens with zero attached hydrogens (tertiary/aromatic N) is 1. The highest BCUT2D eigenvalue weighted by Gasteiger charge is 2.10. The van der Waals surface area contributed by atoms with Gasteiger partial charge in [-0.25, -0.2) is 4.98 Å². The Hall–Kier alpha value is -1.39. The zero-order valence-electron chi connectivity index (χ0n) is 11.6. The van der Waals surface area contributed by atoms with Crippen molar-refractivity contribution in [2.24, 2.45) is 0 Å². The molecule has 102 valence electrons. The smallest absolute Gasteiger partial charge is 0.122 e. The van der Waals surface area contributed by atoms with Crippen molar-refractivity contribution >= 4 is 11.3 Å². The molecule has 1 aromatic carbocycles. The van der Waals surface area contributed by atoms with Gasteiger partial charge in [-0.15, -0.1) is 11.3 Å². The first-order valence-corrected chi connectivity index (χ1v) is 7.35. The van der Waals surface area contributed by atoms with Crippen molar-refractivity contribution in [3.63, 3.8) is 0 Å². The number of thiazole rings is 1. The fourth-order valence-corrected chi connectivity index (χ4v) is 2.99. The van der Waals surface area contributed by atoms with E-state index in [1.54, 1.807) is 18.4 Å². The van der Waals surface area contributed by atoms with E-state index in [9.17, 15) is 0 Å². The van der Waals surface area contributed by atoms with Crippen LogP contribution in [-0.4, -0.2) is 18.6 Å². The van der Waals surface area contributed by atoms with Crippen molar-refractivity contribution in [2.75, 3.05) is 13.7 Å². The van der Waals surface area contributed by atoms with Crippen LogP contribution in [0.25, 0.3) is 0 Å². The first-order chi connectivity index (χ1) is 9.22. The number of hydrogen-bond acceptors (Lipinski definition) is 4. The minimum atomic E-state index is 0.349. The molecule has 3 nitrogen and oxygen atoms in total. The third-order valence-electron chi connectivity index (χ3n) is 3.21. The molecule has 4 heteroatoms. The molecular formula is C15H20N2OS. The van der Waals surface area contributed by atoms with Gasteiger partial charge in [0.15, 0.2) is 0 Å². The van der Waals surface area contributed by atoms with Crippen LogP contribution in [0.5, 0.6) is 5.75 Å². The number of para-hydroxylation sites is 1. The maximum Gasteiger partial charge on any atom is 0.122 e. The molecule has 0 aliphatic heterocycles. The van der Waals surface area contributed by atoms with Gasteiger partial charge in [0.1, 0.15) is 5.75 Å². The molecule has 1 aromatic heterocycles. The Morgan fingerprint density at radius 1 is 1.37 bits per heavy atom.